The number of aromatic nitrogens is 2. The summed E-state index contributed by atoms with van der Waals surface area (Å²) >= 11 is 6.05. The Morgan fingerprint density at radius 1 is 1.23 bits per heavy atom. The zero-order valence-corrected chi connectivity index (χ0v) is 15.2. The van der Waals surface area contributed by atoms with E-state index in [1.165, 1.54) is 18.9 Å². The van der Waals surface area contributed by atoms with Crippen molar-refractivity contribution >= 4 is 35.1 Å². The molecule has 0 aliphatic carbocycles. The Balaban J connectivity index is 1.42. The van der Waals surface area contributed by atoms with Crippen LogP contribution < -0.4 is 15.5 Å². The summed E-state index contributed by atoms with van der Waals surface area (Å²) in [6.07, 6.45) is 7.42. The molecule has 1 aliphatic heterocycles. The summed E-state index contributed by atoms with van der Waals surface area (Å²) in [5, 5.41) is 14.8. The smallest absolute Gasteiger partial charge is 0.244 e. The SMILES string of the molecule is O=C(/C=C/c1ccccc1Cl)NCCNc1cc(N2CCCC2)cnn1. The Labute approximate surface area is 158 Å². The van der Waals surface area contributed by atoms with E-state index in [4.69, 9.17) is 11.6 Å². The van der Waals surface area contributed by atoms with Crippen LogP contribution in [-0.2, 0) is 4.79 Å². The second-order valence-corrected chi connectivity index (χ2v) is 6.47. The van der Waals surface area contributed by atoms with Crippen LogP contribution in [0.5, 0.6) is 0 Å². The third kappa shape index (κ3) is 5.20. The Kier molecular flexibility index (Phi) is 6.44. The van der Waals surface area contributed by atoms with Crippen LogP contribution in [-0.4, -0.2) is 42.3 Å². The Morgan fingerprint density at radius 2 is 2.04 bits per heavy atom. The summed E-state index contributed by atoms with van der Waals surface area (Å²) in [4.78, 5) is 14.2. The highest BCUT2D eigenvalue weighted by molar-refractivity contribution is 6.32. The van der Waals surface area contributed by atoms with Crippen molar-refractivity contribution in [2.75, 3.05) is 36.4 Å². The van der Waals surface area contributed by atoms with Crippen LogP contribution in [0.25, 0.3) is 6.08 Å². The fourth-order valence-corrected chi connectivity index (χ4v) is 3.00. The minimum Gasteiger partial charge on any atom is -0.370 e. The fourth-order valence-electron chi connectivity index (χ4n) is 2.80. The van der Waals surface area contributed by atoms with Crippen LogP contribution in [0.3, 0.4) is 0 Å². The van der Waals surface area contributed by atoms with Gasteiger partial charge >= 0.3 is 0 Å². The van der Waals surface area contributed by atoms with Crippen molar-refractivity contribution in [2.24, 2.45) is 0 Å². The van der Waals surface area contributed by atoms with Gasteiger partial charge in [-0.2, -0.15) is 5.10 Å². The molecule has 136 valence electrons. The van der Waals surface area contributed by atoms with Crippen molar-refractivity contribution in [3.05, 3.63) is 53.2 Å². The second-order valence-electron chi connectivity index (χ2n) is 6.07. The standard InChI is InChI=1S/C19H22ClN5O/c20-17-6-2-1-5-15(17)7-8-19(26)22-10-9-21-18-13-16(14-23-24-18)25-11-3-4-12-25/h1-2,5-8,13-14H,3-4,9-12H2,(H,21,24)(H,22,26)/b8-7+. The first-order valence-corrected chi connectivity index (χ1v) is 9.12. The maximum atomic E-state index is 11.9. The molecule has 0 radical (unpaired) electrons. The van der Waals surface area contributed by atoms with Crippen LogP contribution in [0.1, 0.15) is 18.4 Å². The summed E-state index contributed by atoms with van der Waals surface area (Å²) in [5.41, 5.74) is 1.91. The van der Waals surface area contributed by atoms with Crippen LogP contribution in [0.4, 0.5) is 11.5 Å². The van der Waals surface area contributed by atoms with Crippen LogP contribution >= 0.6 is 11.6 Å². The van der Waals surface area contributed by atoms with E-state index in [0.717, 1.165) is 30.2 Å². The van der Waals surface area contributed by atoms with Gasteiger partial charge in [0, 0.05) is 43.3 Å². The fraction of sp³-hybridized carbons (Fsp3) is 0.316. The van der Waals surface area contributed by atoms with Crippen molar-refractivity contribution in [2.45, 2.75) is 12.8 Å². The average molecular weight is 372 g/mol. The number of benzene rings is 1. The second kappa shape index (κ2) is 9.20. The molecule has 1 fully saturated rings. The third-order valence-electron chi connectivity index (χ3n) is 4.16. The van der Waals surface area contributed by atoms with Gasteiger partial charge in [-0.3, -0.25) is 4.79 Å². The first-order valence-electron chi connectivity index (χ1n) is 8.74. The summed E-state index contributed by atoms with van der Waals surface area (Å²) in [6.45, 7) is 3.20. The molecule has 2 N–H and O–H groups in total. The maximum Gasteiger partial charge on any atom is 0.244 e. The molecule has 1 aromatic carbocycles. The molecule has 1 aliphatic rings. The van der Waals surface area contributed by atoms with E-state index < -0.39 is 0 Å². The zero-order chi connectivity index (χ0) is 18.2. The largest absolute Gasteiger partial charge is 0.370 e. The van der Waals surface area contributed by atoms with Gasteiger partial charge in [0.25, 0.3) is 0 Å². The normalized spacial score (nSPS) is 14.0. The van der Waals surface area contributed by atoms with Crippen LogP contribution in [0.2, 0.25) is 5.02 Å². The van der Waals surface area contributed by atoms with Crippen molar-refractivity contribution in [3.63, 3.8) is 0 Å². The maximum absolute atomic E-state index is 11.9. The molecular weight excluding hydrogens is 350 g/mol. The molecule has 7 heteroatoms. The number of carbonyl (C=O) groups excluding carboxylic acids is 1. The van der Waals surface area contributed by atoms with Crippen LogP contribution in [0.15, 0.2) is 42.6 Å². The van der Waals surface area contributed by atoms with Gasteiger partial charge in [-0.1, -0.05) is 29.8 Å². The molecule has 6 nitrogen and oxygen atoms in total. The first kappa shape index (κ1) is 18.2. The van der Waals surface area contributed by atoms with E-state index in [1.54, 1.807) is 18.3 Å². The van der Waals surface area contributed by atoms with E-state index in [2.05, 4.69) is 25.7 Å². The molecule has 0 unspecified atom stereocenters. The van der Waals surface area contributed by atoms with Crippen LogP contribution in [0, 0.1) is 0 Å². The number of nitrogens with one attached hydrogen (secondary N) is 2. The number of carbonyl (C=O) groups is 1. The van der Waals surface area contributed by atoms with E-state index in [9.17, 15) is 4.79 Å². The number of nitrogens with zero attached hydrogens (tertiary/aromatic N) is 3. The summed E-state index contributed by atoms with van der Waals surface area (Å²) in [7, 11) is 0. The number of amides is 1. The lowest BCUT2D eigenvalue weighted by Gasteiger charge is -2.17. The lowest BCUT2D eigenvalue weighted by molar-refractivity contribution is -0.116. The van der Waals surface area contributed by atoms with Gasteiger partial charge in [-0.25, -0.2) is 0 Å². The van der Waals surface area contributed by atoms with E-state index in [1.807, 2.05) is 24.3 Å². The van der Waals surface area contributed by atoms with Crippen molar-refractivity contribution in [1.82, 2.24) is 15.5 Å². The molecule has 0 spiro atoms. The first-order chi connectivity index (χ1) is 12.7. The van der Waals surface area contributed by atoms with Crippen molar-refractivity contribution in [3.8, 4) is 0 Å². The molecule has 0 bridgehead atoms. The van der Waals surface area contributed by atoms with Crippen molar-refractivity contribution in [1.29, 1.82) is 0 Å². The van der Waals surface area contributed by atoms with Gasteiger partial charge < -0.3 is 15.5 Å². The van der Waals surface area contributed by atoms with Gasteiger partial charge in [0.2, 0.25) is 5.91 Å². The van der Waals surface area contributed by atoms with Gasteiger partial charge in [0.1, 0.15) is 0 Å². The average Bonchev–Trinajstić information content (AvgIpc) is 3.20. The van der Waals surface area contributed by atoms with Gasteiger partial charge in [-0.15, -0.1) is 5.10 Å². The van der Waals surface area contributed by atoms with Crippen molar-refractivity contribution < 1.29 is 4.79 Å². The number of hydrogen-bond donors (Lipinski definition) is 2. The predicted octanol–water partition coefficient (Wildman–Crippen LogP) is 2.97. The quantitative estimate of drug-likeness (QED) is 0.578. The molecule has 1 saturated heterocycles. The number of rotatable bonds is 7. The molecule has 3 rings (SSSR count). The number of hydrogen-bond acceptors (Lipinski definition) is 5. The van der Waals surface area contributed by atoms with Gasteiger partial charge in [-0.05, 0) is 30.5 Å². The summed E-state index contributed by atoms with van der Waals surface area (Å²) in [5.74, 6) is 0.555. The monoisotopic (exact) mass is 371 g/mol. The Morgan fingerprint density at radius 3 is 2.85 bits per heavy atom. The summed E-state index contributed by atoms with van der Waals surface area (Å²) < 4.78 is 0. The molecular formula is C19H22ClN5O. The minimum atomic E-state index is -0.163. The predicted molar refractivity (Wildman–Crippen MR) is 105 cm³/mol. The Bertz CT molecular complexity index is 774. The minimum absolute atomic E-state index is 0.163. The third-order valence-corrected chi connectivity index (χ3v) is 4.51. The van der Waals surface area contributed by atoms with Gasteiger partial charge in [0.05, 0.1) is 11.9 Å². The lowest BCUT2D eigenvalue weighted by Crippen LogP contribution is -2.27. The highest BCUT2D eigenvalue weighted by Gasteiger charge is 2.13. The molecule has 1 aromatic heterocycles. The number of halogens is 1. The highest BCUT2D eigenvalue weighted by atomic mass is 35.5. The Hall–Kier alpha value is -2.60. The molecule has 0 saturated carbocycles. The molecule has 26 heavy (non-hydrogen) atoms. The summed E-state index contributed by atoms with van der Waals surface area (Å²) in [6, 6.07) is 9.38. The van der Waals surface area contributed by atoms with E-state index >= 15 is 0 Å². The number of anilines is 2. The van der Waals surface area contributed by atoms with Gasteiger partial charge in [0.15, 0.2) is 5.82 Å². The lowest BCUT2D eigenvalue weighted by atomic mass is 10.2. The molecule has 1 amide bonds. The molecule has 2 aromatic rings. The highest BCUT2D eigenvalue weighted by Crippen LogP contribution is 2.20. The zero-order valence-electron chi connectivity index (χ0n) is 14.5. The van der Waals surface area contributed by atoms with E-state index in [-0.39, 0.29) is 5.91 Å². The van der Waals surface area contributed by atoms with E-state index in [0.29, 0.717) is 18.1 Å². The topological polar surface area (TPSA) is 70.2 Å². The molecule has 0 atom stereocenters. The molecule has 2 heterocycles.